The summed E-state index contributed by atoms with van der Waals surface area (Å²) in [6.07, 6.45) is 0. The topological polar surface area (TPSA) is 148 Å². The van der Waals surface area contributed by atoms with E-state index in [1.807, 2.05) is 48.2 Å². The van der Waals surface area contributed by atoms with Crippen LogP contribution in [0.25, 0.3) is 10.9 Å². The Morgan fingerprint density at radius 3 is 2.34 bits per heavy atom. The smallest absolute Gasteiger partial charge is 0.338 e. The lowest BCUT2D eigenvalue weighted by molar-refractivity contribution is -0.122. The summed E-state index contributed by atoms with van der Waals surface area (Å²) < 4.78 is 4.90. The first kappa shape index (κ1) is 30.5. The summed E-state index contributed by atoms with van der Waals surface area (Å²) in [6, 6.07) is 20.0. The van der Waals surface area contributed by atoms with Gasteiger partial charge in [0.25, 0.3) is 5.91 Å². The van der Waals surface area contributed by atoms with Crippen LogP contribution in [0.1, 0.15) is 37.4 Å². The zero-order valence-corrected chi connectivity index (χ0v) is 24.7. The molecule has 2 heterocycles. The standard InChI is InChI=1S/C33H35N5O6/c1-21-18-26-27(19-25(21)33(43)44-2)36-31(41)29(26)30(22-6-4-3-5-7-22)35-24-10-8-23(9-11-24)32(42)38-15-13-37(14-16-38)20-28(40)34-12-17-39/h3-11,18-19,36,39,41H,12-17,20H2,1-2H3,(H,34,40). The van der Waals surface area contributed by atoms with Gasteiger partial charge in [0.2, 0.25) is 5.91 Å². The number of aromatic nitrogens is 1. The van der Waals surface area contributed by atoms with Crippen molar-refractivity contribution in [2.45, 2.75) is 6.92 Å². The van der Waals surface area contributed by atoms with Gasteiger partial charge in [0.05, 0.1) is 42.8 Å². The summed E-state index contributed by atoms with van der Waals surface area (Å²) in [5.41, 5.74) is 4.59. The largest absolute Gasteiger partial charge is 0.494 e. The van der Waals surface area contributed by atoms with Crippen LogP contribution < -0.4 is 5.32 Å². The van der Waals surface area contributed by atoms with Crippen LogP contribution in [-0.2, 0) is 9.53 Å². The van der Waals surface area contributed by atoms with E-state index in [1.165, 1.54) is 7.11 Å². The van der Waals surface area contributed by atoms with Crippen molar-refractivity contribution in [3.05, 3.63) is 94.5 Å². The van der Waals surface area contributed by atoms with Crippen molar-refractivity contribution in [2.75, 3.05) is 53.0 Å². The van der Waals surface area contributed by atoms with Crippen LogP contribution in [0.3, 0.4) is 0 Å². The first-order valence-corrected chi connectivity index (χ1v) is 14.4. The molecule has 0 aliphatic carbocycles. The number of aryl methyl sites for hydroxylation is 1. The minimum atomic E-state index is -0.463. The average Bonchev–Trinajstić information content (AvgIpc) is 3.36. The predicted molar refractivity (Wildman–Crippen MR) is 167 cm³/mol. The number of nitrogens with zero attached hydrogens (tertiary/aromatic N) is 3. The quantitative estimate of drug-likeness (QED) is 0.171. The molecule has 1 fully saturated rings. The van der Waals surface area contributed by atoms with Crippen LogP contribution in [0.2, 0.25) is 0 Å². The molecule has 1 aromatic heterocycles. The van der Waals surface area contributed by atoms with Gasteiger partial charge in [-0.15, -0.1) is 0 Å². The van der Waals surface area contributed by atoms with Gasteiger partial charge in [-0.1, -0.05) is 30.3 Å². The lowest BCUT2D eigenvalue weighted by Gasteiger charge is -2.34. The summed E-state index contributed by atoms with van der Waals surface area (Å²) in [5, 5.41) is 23.3. The predicted octanol–water partition coefficient (Wildman–Crippen LogP) is 3.00. The molecule has 0 atom stereocenters. The molecule has 0 unspecified atom stereocenters. The molecule has 0 radical (unpaired) electrons. The van der Waals surface area contributed by atoms with Crippen molar-refractivity contribution < 1.29 is 29.3 Å². The number of methoxy groups -OCH3 is 1. The molecular weight excluding hydrogens is 562 g/mol. The van der Waals surface area contributed by atoms with Crippen molar-refractivity contribution in [2.24, 2.45) is 4.99 Å². The number of ether oxygens (including phenoxy) is 1. The number of nitrogens with one attached hydrogen (secondary N) is 2. The second kappa shape index (κ2) is 13.5. The molecule has 0 spiro atoms. The number of H-pyrrole nitrogens is 1. The number of piperazine rings is 1. The van der Waals surface area contributed by atoms with Crippen molar-refractivity contribution in [3.63, 3.8) is 0 Å². The van der Waals surface area contributed by atoms with Crippen LogP contribution >= 0.6 is 0 Å². The average molecular weight is 598 g/mol. The fraction of sp³-hybridized carbons (Fsp3) is 0.273. The van der Waals surface area contributed by atoms with Crippen LogP contribution in [0.15, 0.2) is 71.7 Å². The number of hydrogen-bond acceptors (Lipinski definition) is 8. The molecule has 3 aromatic carbocycles. The molecule has 1 aliphatic rings. The first-order valence-electron chi connectivity index (χ1n) is 14.4. The fourth-order valence-electron chi connectivity index (χ4n) is 5.32. The first-order chi connectivity index (χ1) is 21.3. The van der Waals surface area contributed by atoms with Gasteiger partial charge in [0, 0.05) is 54.8 Å². The molecule has 0 saturated carbocycles. The number of aliphatic hydroxyl groups excluding tert-OH is 1. The molecule has 1 aliphatic heterocycles. The molecule has 5 rings (SSSR count). The molecule has 4 N–H and O–H groups in total. The number of aromatic amines is 1. The second-order valence-electron chi connectivity index (χ2n) is 10.6. The SMILES string of the molecule is COC(=O)c1cc2[nH]c(O)c(C(=Nc3ccc(C(=O)N4CCN(CC(=O)NCCO)CC4)cc3)c3ccccc3)c2cc1C. The van der Waals surface area contributed by atoms with E-state index in [2.05, 4.69) is 10.3 Å². The number of aliphatic imine (C=N–C) groups is 1. The molecule has 228 valence electrons. The number of carbonyl (C=O) groups is 3. The number of fused-ring (bicyclic) bond motifs is 1. The Labute approximate surface area is 254 Å². The summed E-state index contributed by atoms with van der Waals surface area (Å²) >= 11 is 0. The van der Waals surface area contributed by atoms with E-state index in [4.69, 9.17) is 14.8 Å². The van der Waals surface area contributed by atoms with E-state index < -0.39 is 5.97 Å². The van der Waals surface area contributed by atoms with E-state index in [9.17, 15) is 19.5 Å². The maximum absolute atomic E-state index is 13.2. The number of amides is 2. The fourth-order valence-corrected chi connectivity index (χ4v) is 5.32. The normalized spacial score (nSPS) is 14.1. The summed E-state index contributed by atoms with van der Waals surface area (Å²) in [5.74, 6) is -0.790. The van der Waals surface area contributed by atoms with Gasteiger partial charge >= 0.3 is 5.97 Å². The number of benzene rings is 3. The van der Waals surface area contributed by atoms with Crippen molar-refractivity contribution >= 4 is 40.1 Å². The Kier molecular flexibility index (Phi) is 9.37. The van der Waals surface area contributed by atoms with Gasteiger partial charge < -0.3 is 30.2 Å². The Morgan fingerprint density at radius 2 is 1.68 bits per heavy atom. The van der Waals surface area contributed by atoms with Crippen LogP contribution in [-0.4, -0.2) is 101 Å². The van der Waals surface area contributed by atoms with Crippen molar-refractivity contribution in [1.82, 2.24) is 20.1 Å². The highest BCUT2D eigenvalue weighted by molar-refractivity contribution is 6.22. The highest BCUT2D eigenvalue weighted by Gasteiger charge is 2.24. The third-order valence-corrected chi connectivity index (χ3v) is 7.63. The molecule has 4 aromatic rings. The number of esters is 1. The Hall–Kier alpha value is -5.00. The molecule has 2 amide bonds. The van der Waals surface area contributed by atoms with Gasteiger partial charge in [0.1, 0.15) is 0 Å². The van der Waals surface area contributed by atoms with Crippen LogP contribution in [0.5, 0.6) is 5.88 Å². The minimum Gasteiger partial charge on any atom is -0.494 e. The van der Waals surface area contributed by atoms with Gasteiger partial charge in [-0.2, -0.15) is 0 Å². The van der Waals surface area contributed by atoms with Gasteiger partial charge in [0.15, 0.2) is 5.88 Å². The Balaban J connectivity index is 1.39. The number of hydrogen-bond donors (Lipinski definition) is 4. The van der Waals surface area contributed by atoms with Crippen molar-refractivity contribution in [1.29, 1.82) is 0 Å². The lowest BCUT2D eigenvalue weighted by Crippen LogP contribution is -2.51. The zero-order chi connectivity index (χ0) is 31.2. The molecular formula is C33H35N5O6. The lowest BCUT2D eigenvalue weighted by atomic mass is 9.98. The third kappa shape index (κ3) is 6.64. The monoisotopic (exact) mass is 597 g/mol. The number of aromatic hydroxyl groups is 1. The molecule has 11 heteroatoms. The maximum Gasteiger partial charge on any atom is 0.338 e. The van der Waals surface area contributed by atoms with E-state index in [-0.39, 0.29) is 37.4 Å². The van der Waals surface area contributed by atoms with Crippen molar-refractivity contribution in [3.8, 4) is 5.88 Å². The van der Waals surface area contributed by atoms with E-state index in [0.717, 1.165) is 5.56 Å². The van der Waals surface area contributed by atoms with E-state index >= 15 is 0 Å². The van der Waals surface area contributed by atoms with Gasteiger partial charge in [-0.25, -0.2) is 9.79 Å². The molecule has 1 saturated heterocycles. The van der Waals surface area contributed by atoms with E-state index in [0.29, 0.717) is 70.7 Å². The van der Waals surface area contributed by atoms with Gasteiger partial charge in [-0.05, 0) is 48.9 Å². The summed E-state index contributed by atoms with van der Waals surface area (Å²) in [6.45, 7) is 4.33. The Bertz CT molecular complexity index is 1690. The highest BCUT2D eigenvalue weighted by atomic mass is 16.5. The van der Waals surface area contributed by atoms with Crippen LogP contribution in [0.4, 0.5) is 5.69 Å². The molecule has 0 bridgehead atoms. The van der Waals surface area contributed by atoms with Gasteiger partial charge in [-0.3, -0.25) is 14.5 Å². The van der Waals surface area contributed by atoms with Crippen LogP contribution in [0, 0.1) is 6.92 Å². The zero-order valence-electron chi connectivity index (χ0n) is 24.7. The molecule has 44 heavy (non-hydrogen) atoms. The summed E-state index contributed by atoms with van der Waals surface area (Å²) in [4.78, 5) is 49.1. The maximum atomic E-state index is 13.2. The number of rotatable bonds is 9. The Morgan fingerprint density at radius 1 is 0.977 bits per heavy atom. The highest BCUT2D eigenvalue weighted by Crippen LogP contribution is 2.33. The number of carbonyl (C=O) groups excluding carboxylic acids is 3. The number of aliphatic hydroxyl groups is 1. The summed E-state index contributed by atoms with van der Waals surface area (Å²) in [7, 11) is 1.33. The molecule has 11 nitrogen and oxygen atoms in total. The minimum absolute atomic E-state index is 0.0826. The van der Waals surface area contributed by atoms with E-state index in [1.54, 1.807) is 35.2 Å². The third-order valence-electron chi connectivity index (χ3n) is 7.63. The second-order valence-corrected chi connectivity index (χ2v) is 10.6.